The lowest BCUT2D eigenvalue weighted by molar-refractivity contribution is 0.626. The number of aryl methyl sites for hydroxylation is 1. The molecule has 1 heterocycles. The Morgan fingerprint density at radius 1 is 1.32 bits per heavy atom. The van der Waals surface area contributed by atoms with Crippen molar-refractivity contribution < 1.29 is 4.39 Å². The van der Waals surface area contributed by atoms with Gasteiger partial charge in [-0.2, -0.15) is 0 Å². The van der Waals surface area contributed by atoms with E-state index < -0.39 is 0 Å². The van der Waals surface area contributed by atoms with Crippen molar-refractivity contribution in [1.82, 2.24) is 9.97 Å². The molecule has 3 nitrogen and oxygen atoms in total. The fourth-order valence-corrected chi connectivity index (χ4v) is 1.93. The molecule has 0 spiro atoms. The van der Waals surface area contributed by atoms with Gasteiger partial charge in [0.25, 0.3) is 0 Å². The first kappa shape index (κ1) is 13.6. The second kappa shape index (κ2) is 5.89. The van der Waals surface area contributed by atoms with Crippen molar-refractivity contribution >= 4 is 0 Å². The third-order valence-corrected chi connectivity index (χ3v) is 3.14. The molecule has 2 aromatic rings. The molecule has 1 aromatic carbocycles. The van der Waals surface area contributed by atoms with Crippen molar-refractivity contribution in [3.8, 4) is 11.4 Å². The van der Waals surface area contributed by atoms with Gasteiger partial charge in [0.15, 0.2) is 5.82 Å². The lowest BCUT2D eigenvalue weighted by Crippen LogP contribution is -2.22. The second-order valence-electron chi connectivity index (χ2n) is 4.70. The van der Waals surface area contributed by atoms with Crippen molar-refractivity contribution in [3.63, 3.8) is 0 Å². The Labute approximate surface area is 112 Å². The van der Waals surface area contributed by atoms with Gasteiger partial charge in [-0.05, 0) is 43.2 Å². The summed E-state index contributed by atoms with van der Waals surface area (Å²) in [4.78, 5) is 8.77. The topological polar surface area (TPSA) is 51.8 Å². The molecule has 2 N–H and O–H groups in total. The maximum absolute atomic E-state index is 13.1. The van der Waals surface area contributed by atoms with Gasteiger partial charge in [0.1, 0.15) is 5.82 Å². The van der Waals surface area contributed by atoms with E-state index in [0.717, 1.165) is 29.7 Å². The van der Waals surface area contributed by atoms with Gasteiger partial charge in [-0.3, -0.25) is 0 Å². The number of nitrogens with two attached hydrogens (primary N) is 1. The molecule has 1 unspecified atom stereocenters. The highest BCUT2D eigenvalue weighted by molar-refractivity contribution is 5.59. The minimum absolute atomic E-state index is 0.108. The fourth-order valence-electron chi connectivity index (χ4n) is 1.93. The maximum atomic E-state index is 13.1. The number of halogens is 1. The minimum atomic E-state index is -0.245. The van der Waals surface area contributed by atoms with Crippen LogP contribution in [0.4, 0.5) is 4.39 Å². The Balaban J connectivity index is 2.32. The molecule has 100 valence electrons. The first-order valence-corrected chi connectivity index (χ1v) is 6.44. The van der Waals surface area contributed by atoms with Crippen LogP contribution < -0.4 is 5.73 Å². The van der Waals surface area contributed by atoms with E-state index >= 15 is 0 Å². The van der Waals surface area contributed by atoms with E-state index in [1.54, 1.807) is 12.3 Å². The summed E-state index contributed by atoms with van der Waals surface area (Å²) in [6.07, 6.45) is 3.37. The number of benzene rings is 1. The van der Waals surface area contributed by atoms with Gasteiger partial charge in [-0.25, -0.2) is 14.4 Å². The van der Waals surface area contributed by atoms with Crippen molar-refractivity contribution in [2.24, 2.45) is 5.73 Å². The standard InChI is InChI=1S/C15H18FN3/c1-3-12(17)9-13-6-7-18-15(19-13)14-5-4-11(16)8-10(14)2/h4-8,12H,3,9,17H2,1-2H3. The van der Waals surface area contributed by atoms with Crippen LogP contribution in [0.5, 0.6) is 0 Å². The van der Waals surface area contributed by atoms with E-state index in [2.05, 4.69) is 16.9 Å². The summed E-state index contributed by atoms with van der Waals surface area (Å²) in [5.74, 6) is 0.378. The maximum Gasteiger partial charge on any atom is 0.159 e. The largest absolute Gasteiger partial charge is 0.327 e. The van der Waals surface area contributed by atoms with Crippen molar-refractivity contribution in [1.29, 1.82) is 0 Å². The molecule has 0 aliphatic rings. The normalized spacial score (nSPS) is 12.4. The Morgan fingerprint density at radius 3 is 2.79 bits per heavy atom. The fraction of sp³-hybridized carbons (Fsp3) is 0.333. The van der Waals surface area contributed by atoms with E-state index in [0.29, 0.717) is 5.82 Å². The molecule has 2 rings (SSSR count). The van der Waals surface area contributed by atoms with E-state index in [9.17, 15) is 4.39 Å². The molecule has 0 aliphatic carbocycles. The van der Waals surface area contributed by atoms with E-state index in [1.807, 2.05) is 13.0 Å². The van der Waals surface area contributed by atoms with Gasteiger partial charge in [0.2, 0.25) is 0 Å². The molecule has 0 aliphatic heterocycles. The highest BCUT2D eigenvalue weighted by Crippen LogP contribution is 2.20. The molecule has 0 bridgehead atoms. The zero-order chi connectivity index (χ0) is 13.8. The number of aromatic nitrogens is 2. The van der Waals surface area contributed by atoms with E-state index in [-0.39, 0.29) is 11.9 Å². The molecule has 1 atom stereocenters. The molecule has 0 fully saturated rings. The van der Waals surface area contributed by atoms with Gasteiger partial charge < -0.3 is 5.73 Å². The van der Waals surface area contributed by atoms with Gasteiger partial charge >= 0.3 is 0 Å². The van der Waals surface area contributed by atoms with E-state index in [1.165, 1.54) is 12.1 Å². The molecular weight excluding hydrogens is 241 g/mol. The Morgan fingerprint density at radius 2 is 2.11 bits per heavy atom. The van der Waals surface area contributed by atoms with Gasteiger partial charge in [-0.1, -0.05) is 6.92 Å². The highest BCUT2D eigenvalue weighted by atomic mass is 19.1. The summed E-state index contributed by atoms with van der Waals surface area (Å²) in [6.45, 7) is 3.91. The summed E-state index contributed by atoms with van der Waals surface area (Å²) in [7, 11) is 0. The molecule has 4 heteroatoms. The molecule has 0 saturated heterocycles. The summed E-state index contributed by atoms with van der Waals surface area (Å²) in [5.41, 5.74) is 8.54. The number of hydrogen-bond donors (Lipinski definition) is 1. The zero-order valence-corrected chi connectivity index (χ0v) is 11.2. The van der Waals surface area contributed by atoms with Crippen molar-refractivity contribution in [2.75, 3.05) is 0 Å². The summed E-state index contributed by atoms with van der Waals surface area (Å²) in [6, 6.07) is 6.61. The molecule has 0 amide bonds. The van der Waals surface area contributed by atoms with Crippen LogP contribution in [0.25, 0.3) is 11.4 Å². The minimum Gasteiger partial charge on any atom is -0.327 e. The monoisotopic (exact) mass is 259 g/mol. The first-order valence-electron chi connectivity index (χ1n) is 6.44. The quantitative estimate of drug-likeness (QED) is 0.918. The Hall–Kier alpha value is -1.81. The number of hydrogen-bond acceptors (Lipinski definition) is 3. The number of rotatable bonds is 4. The molecule has 19 heavy (non-hydrogen) atoms. The predicted octanol–water partition coefficient (Wildman–Crippen LogP) is 2.87. The molecular formula is C15H18FN3. The van der Waals surface area contributed by atoms with Crippen LogP contribution in [0.1, 0.15) is 24.6 Å². The zero-order valence-electron chi connectivity index (χ0n) is 11.2. The lowest BCUT2D eigenvalue weighted by Gasteiger charge is -2.09. The van der Waals surface area contributed by atoms with Crippen LogP contribution in [0, 0.1) is 12.7 Å². The highest BCUT2D eigenvalue weighted by Gasteiger charge is 2.08. The first-order chi connectivity index (χ1) is 9.10. The van der Waals surface area contributed by atoms with Crippen molar-refractivity contribution in [2.45, 2.75) is 32.7 Å². The molecule has 0 radical (unpaired) electrons. The smallest absolute Gasteiger partial charge is 0.159 e. The lowest BCUT2D eigenvalue weighted by atomic mass is 10.1. The summed E-state index contributed by atoms with van der Waals surface area (Å²) < 4.78 is 13.1. The summed E-state index contributed by atoms with van der Waals surface area (Å²) >= 11 is 0. The van der Waals surface area contributed by atoms with Crippen LogP contribution in [-0.2, 0) is 6.42 Å². The second-order valence-corrected chi connectivity index (χ2v) is 4.70. The van der Waals surface area contributed by atoms with Crippen LogP contribution in [-0.4, -0.2) is 16.0 Å². The Kier molecular flexibility index (Phi) is 4.22. The Bertz CT molecular complexity index is 569. The van der Waals surface area contributed by atoms with Gasteiger partial charge in [0, 0.05) is 29.9 Å². The van der Waals surface area contributed by atoms with Gasteiger partial charge in [-0.15, -0.1) is 0 Å². The van der Waals surface area contributed by atoms with Crippen molar-refractivity contribution in [3.05, 3.63) is 47.5 Å². The van der Waals surface area contributed by atoms with Crippen LogP contribution >= 0.6 is 0 Å². The average molecular weight is 259 g/mol. The van der Waals surface area contributed by atoms with Crippen LogP contribution in [0.2, 0.25) is 0 Å². The SMILES string of the molecule is CCC(N)Cc1ccnc(-c2ccc(F)cc2C)n1. The third kappa shape index (κ3) is 3.35. The average Bonchev–Trinajstić information content (AvgIpc) is 2.39. The number of nitrogens with zero attached hydrogens (tertiary/aromatic N) is 2. The van der Waals surface area contributed by atoms with E-state index in [4.69, 9.17) is 5.73 Å². The summed E-state index contributed by atoms with van der Waals surface area (Å²) in [5, 5.41) is 0. The molecule has 1 aromatic heterocycles. The van der Waals surface area contributed by atoms with Crippen LogP contribution in [0.3, 0.4) is 0 Å². The molecule has 0 saturated carbocycles. The van der Waals surface area contributed by atoms with Crippen LogP contribution in [0.15, 0.2) is 30.5 Å². The predicted molar refractivity (Wildman–Crippen MR) is 74.1 cm³/mol. The third-order valence-electron chi connectivity index (χ3n) is 3.14. The van der Waals surface area contributed by atoms with Gasteiger partial charge in [0.05, 0.1) is 0 Å².